The van der Waals surface area contributed by atoms with E-state index >= 15 is 4.39 Å². The van der Waals surface area contributed by atoms with Crippen molar-refractivity contribution in [2.24, 2.45) is 0 Å². The van der Waals surface area contributed by atoms with Crippen LogP contribution in [0.5, 0.6) is 0 Å². The Kier molecular flexibility index (Phi) is 5.63. The van der Waals surface area contributed by atoms with Crippen LogP contribution in [0.25, 0.3) is 22.2 Å². The molecule has 0 spiro atoms. The summed E-state index contributed by atoms with van der Waals surface area (Å²) in [5.41, 5.74) is 3.16. The number of nitrogens with zero attached hydrogens (tertiary/aromatic N) is 5. The second-order valence-corrected chi connectivity index (χ2v) is 7.75. The summed E-state index contributed by atoms with van der Waals surface area (Å²) in [4.78, 5) is 26.8. The quantitative estimate of drug-likeness (QED) is 0.604. The maximum Gasteiger partial charge on any atom is 0.225 e. The molecule has 1 fully saturated rings. The molecule has 0 aliphatic carbocycles. The van der Waals surface area contributed by atoms with Crippen LogP contribution < -0.4 is 9.80 Å². The lowest BCUT2D eigenvalue weighted by Crippen LogP contribution is -2.46. The molecule has 4 rings (SSSR count). The maximum atomic E-state index is 15.1. The van der Waals surface area contributed by atoms with Crippen molar-refractivity contribution in [3.8, 4) is 11.3 Å². The normalized spacial score (nSPS) is 14.9. The zero-order valence-corrected chi connectivity index (χ0v) is 17.6. The van der Waals surface area contributed by atoms with E-state index in [1.54, 1.807) is 18.2 Å². The molecule has 0 N–H and O–H groups in total. The molecule has 2 heterocycles. The molecular weight excluding hydrogens is 381 g/mol. The lowest BCUT2D eigenvalue weighted by molar-refractivity contribution is 0.112. The van der Waals surface area contributed by atoms with Crippen molar-refractivity contribution in [3.05, 3.63) is 47.8 Å². The van der Waals surface area contributed by atoms with E-state index in [-0.39, 0.29) is 5.82 Å². The van der Waals surface area contributed by atoms with Crippen molar-refractivity contribution in [2.45, 2.75) is 6.92 Å². The first kappa shape index (κ1) is 20.2. The molecule has 30 heavy (non-hydrogen) atoms. The Hall–Kier alpha value is -3.06. The zero-order valence-electron chi connectivity index (χ0n) is 17.6. The molecule has 1 aromatic heterocycles. The minimum absolute atomic E-state index is 0.262. The van der Waals surface area contributed by atoms with Gasteiger partial charge in [-0.3, -0.25) is 4.79 Å². The van der Waals surface area contributed by atoms with Crippen LogP contribution in [-0.4, -0.2) is 68.0 Å². The fourth-order valence-corrected chi connectivity index (χ4v) is 3.84. The van der Waals surface area contributed by atoms with Gasteiger partial charge in [-0.25, -0.2) is 14.4 Å². The van der Waals surface area contributed by atoms with E-state index in [2.05, 4.69) is 26.7 Å². The highest BCUT2D eigenvalue weighted by atomic mass is 19.1. The average molecular weight is 407 g/mol. The monoisotopic (exact) mass is 407 g/mol. The van der Waals surface area contributed by atoms with Crippen LogP contribution in [0.1, 0.15) is 17.3 Å². The first-order valence-corrected chi connectivity index (χ1v) is 10.2. The van der Waals surface area contributed by atoms with Gasteiger partial charge >= 0.3 is 0 Å². The first-order chi connectivity index (χ1) is 14.5. The Balaban J connectivity index is 1.76. The molecule has 7 heteroatoms. The summed E-state index contributed by atoms with van der Waals surface area (Å²) < 4.78 is 15.1. The Morgan fingerprint density at radius 1 is 1.07 bits per heavy atom. The van der Waals surface area contributed by atoms with Crippen LogP contribution in [0.4, 0.5) is 16.0 Å². The summed E-state index contributed by atoms with van der Waals surface area (Å²) in [6.45, 7) is 6.67. The fraction of sp³-hybridized carbons (Fsp3) is 0.348. The largest absolute Gasteiger partial charge is 0.367 e. The van der Waals surface area contributed by atoms with E-state index in [9.17, 15) is 4.79 Å². The van der Waals surface area contributed by atoms with Crippen molar-refractivity contribution in [1.29, 1.82) is 0 Å². The molecule has 0 bridgehead atoms. The van der Waals surface area contributed by atoms with Gasteiger partial charge in [0.05, 0.1) is 16.9 Å². The minimum atomic E-state index is -0.262. The summed E-state index contributed by atoms with van der Waals surface area (Å²) >= 11 is 0. The van der Waals surface area contributed by atoms with E-state index in [4.69, 9.17) is 0 Å². The van der Waals surface area contributed by atoms with Gasteiger partial charge < -0.3 is 14.7 Å². The summed E-state index contributed by atoms with van der Waals surface area (Å²) in [5.74, 6) is 0.277. The highest BCUT2D eigenvalue weighted by Gasteiger charge is 2.20. The van der Waals surface area contributed by atoms with Crippen molar-refractivity contribution in [1.82, 2.24) is 14.9 Å². The van der Waals surface area contributed by atoms with Gasteiger partial charge in [0, 0.05) is 56.8 Å². The Labute approximate surface area is 175 Å². The number of carbonyl (C=O) groups excluding carboxylic acids is 1. The van der Waals surface area contributed by atoms with E-state index in [0.29, 0.717) is 28.5 Å². The number of carbonyl (C=O) groups is 1. The lowest BCUT2D eigenvalue weighted by atomic mass is 10.0. The number of piperazine rings is 1. The third-order valence-electron chi connectivity index (χ3n) is 5.63. The molecule has 0 unspecified atom stereocenters. The van der Waals surface area contributed by atoms with Gasteiger partial charge in [0.25, 0.3) is 0 Å². The van der Waals surface area contributed by atoms with Gasteiger partial charge in [-0.2, -0.15) is 0 Å². The number of hydrogen-bond donors (Lipinski definition) is 0. The highest BCUT2D eigenvalue weighted by Crippen LogP contribution is 2.32. The molecule has 156 valence electrons. The topological polar surface area (TPSA) is 52.6 Å². The number of likely N-dealkylation sites (N-methyl/N-ethyl adjacent to an activating group) is 1. The molecule has 6 nitrogen and oxygen atoms in total. The number of aldehydes is 1. The summed E-state index contributed by atoms with van der Waals surface area (Å²) in [5, 5.41) is 0.730. The van der Waals surface area contributed by atoms with Gasteiger partial charge in [-0.1, -0.05) is 13.0 Å². The van der Waals surface area contributed by atoms with Crippen molar-refractivity contribution >= 4 is 28.8 Å². The van der Waals surface area contributed by atoms with Crippen LogP contribution in [0.3, 0.4) is 0 Å². The molecule has 0 amide bonds. The molecule has 3 aromatic rings. The van der Waals surface area contributed by atoms with Crippen LogP contribution >= 0.6 is 0 Å². The molecule has 2 aromatic carbocycles. The second-order valence-electron chi connectivity index (χ2n) is 7.75. The fourth-order valence-electron chi connectivity index (χ4n) is 3.84. The zero-order chi connectivity index (χ0) is 21.3. The Morgan fingerprint density at radius 3 is 2.47 bits per heavy atom. The Morgan fingerprint density at radius 2 is 1.83 bits per heavy atom. The van der Waals surface area contributed by atoms with Crippen LogP contribution in [0.2, 0.25) is 0 Å². The average Bonchev–Trinajstić information content (AvgIpc) is 2.78. The van der Waals surface area contributed by atoms with Crippen LogP contribution in [0, 0.1) is 5.82 Å². The second kappa shape index (κ2) is 8.36. The molecule has 0 atom stereocenters. The molecular formula is C23H26FN5O. The standard InChI is InChI=1S/C23H26FN5O/c1-4-28-9-11-29(12-10-28)21-8-6-17(14-19(21)24)22-18-13-16(15-30)5-7-20(18)25-23(26-22)27(2)3/h5-8,13-15H,4,9-12H2,1-3H3. The lowest BCUT2D eigenvalue weighted by Gasteiger charge is -2.35. The number of benzene rings is 2. The van der Waals surface area contributed by atoms with Crippen LogP contribution in [-0.2, 0) is 0 Å². The maximum absolute atomic E-state index is 15.1. The number of aromatic nitrogens is 2. The third kappa shape index (κ3) is 3.85. The number of hydrogen-bond acceptors (Lipinski definition) is 6. The number of anilines is 2. The summed E-state index contributed by atoms with van der Waals surface area (Å²) in [7, 11) is 3.73. The Bertz CT molecular complexity index is 1080. The molecule has 0 saturated carbocycles. The van der Waals surface area contributed by atoms with E-state index in [1.165, 1.54) is 6.07 Å². The van der Waals surface area contributed by atoms with E-state index in [1.807, 2.05) is 31.1 Å². The van der Waals surface area contributed by atoms with E-state index in [0.717, 1.165) is 49.9 Å². The van der Waals surface area contributed by atoms with Gasteiger partial charge in [0.2, 0.25) is 5.95 Å². The minimum Gasteiger partial charge on any atom is -0.367 e. The predicted molar refractivity (Wildman–Crippen MR) is 119 cm³/mol. The van der Waals surface area contributed by atoms with Crippen molar-refractivity contribution in [2.75, 3.05) is 56.6 Å². The van der Waals surface area contributed by atoms with Crippen molar-refractivity contribution < 1.29 is 9.18 Å². The third-order valence-corrected chi connectivity index (χ3v) is 5.63. The van der Waals surface area contributed by atoms with Crippen molar-refractivity contribution in [3.63, 3.8) is 0 Å². The summed E-state index contributed by atoms with van der Waals surface area (Å²) in [6, 6.07) is 10.6. The van der Waals surface area contributed by atoms with Crippen LogP contribution in [0.15, 0.2) is 36.4 Å². The predicted octanol–water partition coefficient (Wildman–Crippen LogP) is 3.46. The SMILES string of the molecule is CCN1CCN(c2ccc(-c3nc(N(C)C)nc4ccc(C=O)cc34)cc2F)CC1. The molecule has 0 radical (unpaired) electrons. The number of halogens is 1. The molecule has 1 aliphatic heterocycles. The highest BCUT2D eigenvalue weighted by molar-refractivity contribution is 5.96. The molecule has 1 aliphatic rings. The molecule has 1 saturated heterocycles. The van der Waals surface area contributed by atoms with Gasteiger partial charge in [0.15, 0.2) is 0 Å². The smallest absolute Gasteiger partial charge is 0.225 e. The van der Waals surface area contributed by atoms with Gasteiger partial charge in [0.1, 0.15) is 12.1 Å². The van der Waals surface area contributed by atoms with Gasteiger partial charge in [-0.05, 0) is 36.9 Å². The first-order valence-electron chi connectivity index (χ1n) is 10.2. The number of rotatable bonds is 5. The number of fused-ring (bicyclic) bond motifs is 1. The van der Waals surface area contributed by atoms with E-state index < -0.39 is 0 Å². The summed E-state index contributed by atoms with van der Waals surface area (Å²) in [6.07, 6.45) is 0.794. The van der Waals surface area contributed by atoms with Gasteiger partial charge in [-0.15, -0.1) is 0 Å².